The molecule has 0 N–H and O–H groups in total. The van der Waals surface area contributed by atoms with Crippen LogP contribution in [-0.4, -0.2) is 28.8 Å². The molecule has 9 atom stereocenters. The second-order valence-corrected chi connectivity index (χ2v) is 23.1. The van der Waals surface area contributed by atoms with Crippen LogP contribution in [0.3, 0.4) is 0 Å². The van der Waals surface area contributed by atoms with E-state index < -0.39 is 16.6 Å². The van der Waals surface area contributed by atoms with Gasteiger partial charge in [0.2, 0.25) is 0 Å². The maximum Gasteiger partial charge on any atom is 0.190 e. The predicted octanol–water partition coefficient (Wildman–Crippen LogP) is 9.22. The van der Waals surface area contributed by atoms with Crippen LogP contribution in [0.15, 0.2) is 25.3 Å². The van der Waals surface area contributed by atoms with Gasteiger partial charge in [-0.1, -0.05) is 26.0 Å². The van der Waals surface area contributed by atoms with Gasteiger partial charge in [-0.2, -0.15) is 0 Å². The molecule has 3 unspecified atom stereocenters. The van der Waals surface area contributed by atoms with Crippen molar-refractivity contribution in [1.29, 1.82) is 0 Å². The van der Waals surface area contributed by atoms with E-state index in [-0.39, 0.29) is 0 Å². The first kappa shape index (κ1) is 27.9. The molecule has 0 radical (unpaired) electrons. The summed E-state index contributed by atoms with van der Waals surface area (Å²) >= 11 is 0. The molecule has 0 amide bonds. The first-order valence-corrected chi connectivity index (χ1v) is 21.2. The van der Waals surface area contributed by atoms with Crippen molar-refractivity contribution >= 4 is 16.6 Å². The highest BCUT2D eigenvalue weighted by Gasteiger charge is 2.61. The summed E-state index contributed by atoms with van der Waals surface area (Å²) < 4.78 is 13.6. The van der Waals surface area contributed by atoms with Gasteiger partial charge in [-0.15, -0.1) is 13.2 Å². The van der Waals surface area contributed by atoms with Crippen molar-refractivity contribution in [3.05, 3.63) is 25.3 Å². The van der Waals surface area contributed by atoms with Gasteiger partial charge in [-0.25, -0.2) is 0 Å². The van der Waals surface area contributed by atoms with Crippen molar-refractivity contribution in [3.8, 4) is 0 Å². The molecule has 2 nitrogen and oxygen atoms in total. The quantitative estimate of drug-likeness (QED) is 0.224. The van der Waals surface area contributed by atoms with Gasteiger partial charge in [0.1, 0.15) is 0 Å². The van der Waals surface area contributed by atoms with Gasteiger partial charge in [0.05, 0.1) is 0 Å². The molecule has 4 fully saturated rings. The fourth-order valence-electron chi connectivity index (χ4n) is 9.97. The van der Waals surface area contributed by atoms with Crippen molar-refractivity contribution in [2.24, 2.45) is 40.4 Å². The minimum atomic E-state index is -1.65. The Hall–Kier alpha value is -0.166. The normalized spacial score (nSPS) is 42.5. The van der Waals surface area contributed by atoms with Gasteiger partial charge in [0.15, 0.2) is 16.6 Å². The number of rotatable bonds is 9. The summed E-state index contributed by atoms with van der Waals surface area (Å²) in [6, 6.07) is 2.14. The fraction of sp³-hybridized carbons (Fsp3) is 0.871. The van der Waals surface area contributed by atoms with Crippen LogP contribution < -0.4 is 0 Å². The van der Waals surface area contributed by atoms with Crippen molar-refractivity contribution in [2.75, 3.05) is 0 Å². The van der Waals surface area contributed by atoms with Gasteiger partial charge >= 0.3 is 0 Å². The maximum atomic E-state index is 6.84. The lowest BCUT2D eigenvalue weighted by Gasteiger charge is -2.61. The average molecular weight is 517 g/mol. The minimum absolute atomic E-state index is 0.394. The molecule has 4 rings (SSSR count). The Labute approximate surface area is 220 Å². The van der Waals surface area contributed by atoms with Crippen LogP contribution in [0.1, 0.15) is 78.6 Å². The minimum Gasteiger partial charge on any atom is -0.414 e. The predicted molar refractivity (Wildman–Crippen MR) is 156 cm³/mol. The largest absolute Gasteiger partial charge is 0.414 e. The molecular formula is C31H56O2Si2. The molecular weight excluding hydrogens is 461 g/mol. The van der Waals surface area contributed by atoms with Crippen molar-refractivity contribution in [1.82, 2.24) is 0 Å². The molecule has 4 saturated carbocycles. The molecule has 0 heterocycles. The molecule has 4 aliphatic carbocycles. The number of hydrogen-bond donors (Lipinski definition) is 0. The zero-order valence-electron chi connectivity index (χ0n) is 24.2. The lowest BCUT2D eigenvalue weighted by molar-refractivity contribution is -0.129. The van der Waals surface area contributed by atoms with E-state index in [9.17, 15) is 0 Å². The standard InChI is InChI=1S/C31H56O2Si2/c1-10-20-34(6,7)32-23(3)27-14-15-28-26-13-12-24-22-25(33-35(8,9)21-11-2)16-18-30(24,4)29(26)17-19-31(27,28)5/h10-11,23-29H,1-2,12-22H2,3-9H3/t23?,24?,25?,26-,27+,28-,29-,30-,31+/m0/s1. The van der Waals surface area contributed by atoms with Crippen molar-refractivity contribution in [3.63, 3.8) is 0 Å². The van der Waals surface area contributed by atoms with E-state index in [1.54, 1.807) is 0 Å². The van der Waals surface area contributed by atoms with E-state index in [0.29, 0.717) is 23.0 Å². The van der Waals surface area contributed by atoms with Crippen LogP contribution in [0.5, 0.6) is 0 Å². The fourth-order valence-corrected chi connectivity index (χ4v) is 13.8. The Kier molecular flexibility index (Phi) is 8.11. The smallest absolute Gasteiger partial charge is 0.190 e. The summed E-state index contributed by atoms with van der Waals surface area (Å²) in [5, 5.41) is 0. The summed E-state index contributed by atoms with van der Waals surface area (Å²) in [5.41, 5.74) is 1.01. The highest BCUT2D eigenvalue weighted by atomic mass is 28.4. The first-order valence-electron chi connectivity index (χ1n) is 14.9. The highest BCUT2D eigenvalue weighted by molar-refractivity contribution is 6.72. The van der Waals surface area contributed by atoms with Crippen LogP contribution in [0, 0.1) is 40.4 Å². The lowest BCUT2D eigenvalue weighted by Crippen LogP contribution is -2.55. The maximum absolute atomic E-state index is 6.84. The Morgan fingerprint density at radius 3 is 2.14 bits per heavy atom. The third-order valence-corrected chi connectivity index (χ3v) is 16.0. The van der Waals surface area contributed by atoms with E-state index in [0.717, 1.165) is 41.7 Å². The molecule has 4 aliphatic rings. The van der Waals surface area contributed by atoms with Crippen molar-refractivity contribution < 1.29 is 8.85 Å². The monoisotopic (exact) mass is 516 g/mol. The van der Waals surface area contributed by atoms with E-state index in [1.165, 1.54) is 57.8 Å². The van der Waals surface area contributed by atoms with E-state index in [2.05, 4.69) is 72.3 Å². The number of hydrogen-bond acceptors (Lipinski definition) is 2. The highest BCUT2D eigenvalue weighted by Crippen LogP contribution is 2.68. The molecule has 0 spiro atoms. The summed E-state index contributed by atoms with van der Waals surface area (Å²) in [5.74, 6) is 4.38. The second-order valence-electron chi connectivity index (χ2n) is 14.7. The van der Waals surface area contributed by atoms with Gasteiger partial charge in [0.25, 0.3) is 0 Å². The second kappa shape index (κ2) is 10.2. The van der Waals surface area contributed by atoms with Crippen LogP contribution in [-0.2, 0) is 8.85 Å². The molecule has 4 heteroatoms. The average Bonchev–Trinajstić information content (AvgIpc) is 3.10. The van der Waals surface area contributed by atoms with Crippen LogP contribution in [0.25, 0.3) is 0 Å². The summed E-state index contributed by atoms with van der Waals surface area (Å²) in [7, 11) is -3.26. The lowest BCUT2D eigenvalue weighted by atomic mass is 9.44. The van der Waals surface area contributed by atoms with E-state index in [1.807, 2.05) is 0 Å². The molecule has 0 aromatic carbocycles. The third kappa shape index (κ3) is 5.38. The summed E-state index contributed by atoms with van der Waals surface area (Å²) in [6.45, 7) is 25.2. The van der Waals surface area contributed by atoms with Gasteiger partial charge in [-0.05, 0) is 143 Å². The van der Waals surface area contributed by atoms with Crippen molar-refractivity contribution in [2.45, 2.75) is 129 Å². The van der Waals surface area contributed by atoms with E-state index >= 15 is 0 Å². The zero-order valence-corrected chi connectivity index (χ0v) is 26.2. The Bertz CT molecular complexity index is 778. The summed E-state index contributed by atoms with van der Waals surface area (Å²) in [4.78, 5) is 0. The van der Waals surface area contributed by atoms with Gasteiger partial charge in [-0.3, -0.25) is 0 Å². The van der Waals surface area contributed by atoms with Crippen LogP contribution in [0.2, 0.25) is 38.3 Å². The van der Waals surface area contributed by atoms with E-state index in [4.69, 9.17) is 8.85 Å². The molecule has 35 heavy (non-hydrogen) atoms. The molecule has 0 aromatic heterocycles. The summed E-state index contributed by atoms with van der Waals surface area (Å²) in [6.07, 6.45) is 17.6. The van der Waals surface area contributed by atoms with Crippen LogP contribution >= 0.6 is 0 Å². The molecule has 0 aromatic rings. The molecule has 0 aliphatic heterocycles. The van der Waals surface area contributed by atoms with Gasteiger partial charge < -0.3 is 8.85 Å². The topological polar surface area (TPSA) is 18.5 Å². The third-order valence-electron chi connectivity index (χ3n) is 11.5. The molecule has 0 saturated heterocycles. The number of allylic oxidation sites excluding steroid dienone is 2. The number of fused-ring (bicyclic) bond motifs is 5. The Morgan fingerprint density at radius 2 is 1.46 bits per heavy atom. The Balaban J connectivity index is 1.44. The van der Waals surface area contributed by atoms with Crippen LogP contribution in [0.4, 0.5) is 0 Å². The SMILES string of the molecule is C=CC[Si](C)(C)OC1CC[C@@]2(C)C(CC[C@H]3[C@@H]4CC[C@H](C(C)O[Si](C)(C)CC=C)[C@@]4(C)CC[C@@H]32)C1. The molecule has 0 bridgehead atoms. The zero-order chi connectivity index (χ0) is 25.6. The van der Waals surface area contributed by atoms with Gasteiger partial charge in [0, 0.05) is 12.2 Å². The first-order chi connectivity index (χ1) is 16.4. The Morgan fingerprint density at radius 1 is 0.829 bits per heavy atom. The molecule has 200 valence electrons.